The fraction of sp³-hybridized carbons (Fsp3) is 0.217. The molecule has 0 aliphatic carbocycles. The number of aromatic nitrogens is 5. The van der Waals surface area contributed by atoms with Gasteiger partial charge in [-0.2, -0.15) is 14.8 Å². The van der Waals surface area contributed by atoms with E-state index in [1.165, 1.54) is 0 Å². The Hall–Kier alpha value is -4.05. The minimum atomic E-state index is -0.637. The van der Waals surface area contributed by atoms with Gasteiger partial charge < -0.3 is 9.84 Å². The normalized spacial score (nSPS) is 10.9. The van der Waals surface area contributed by atoms with Crippen LogP contribution < -0.4 is 16.6 Å². The minimum Gasteiger partial charge on any atom is -0.339 e. The molecular formula is C23H21ClN6O4. The molecule has 0 aliphatic rings. The summed E-state index contributed by atoms with van der Waals surface area (Å²) in [7, 11) is 0. The zero-order valence-corrected chi connectivity index (χ0v) is 19.2. The van der Waals surface area contributed by atoms with Crippen molar-refractivity contribution in [1.82, 2.24) is 24.5 Å². The Balaban J connectivity index is 1.56. The predicted molar refractivity (Wildman–Crippen MR) is 126 cm³/mol. The second kappa shape index (κ2) is 9.84. The molecule has 0 fully saturated rings. The standard InChI is InChI=1S/C23H21ClN6O4/c1-3-29-22(32)20(27-30(23(29)33)17-10-6-15(24)7-11-17)21-26-19(34-28-21)13-12-18(31)25-16-8-4-14(2)5-9-16/h4-11H,3,12-13H2,1-2H3,(H,25,31). The number of carbonyl (C=O) groups is 1. The molecule has 34 heavy (non-hydrogen) atoms. The summed E-state index contributed by atoms with van der Waals surface area (Å²) in [5.41, 5.74) is 0.826. The molecule has 1 N–H and O–H groups in total. The van der Waals surface area contributed by atoms with Crippen LogP contribution in [0.4, 0.5) is 5.69 Å². The van der Waals surface area contributed by atoms with E-state index >= 15 is 0 Å². The molecule has 174 valence electrons. The molecule has 10 nitrogen and oxygen atoms in total. The van der Waals surface area contributed by atoms with Crippen LogP contribution in [-0.2, 0) is 17.8 Å². The molecule has 2 heterocycles. The highest BCUT2D eigenvalue weighted by Gasteiger charge is 2.20. The Labute approximate surface area is 198 Å². The Morgan fingerprint density at radius 2 is 1.79 bits per heavy atom. The van der Waals surface area contributed by atoms with Crippen molar-refractivity contribution < 1.29 is 9.32 Å². The zero-order valence-electron chi connectivity index (χ0n) is 18.5. The fourth-order valence-electron chi connectivity index (χ4n) is 3.22. The smallest absolute Gasteiger partial charge is 0.339 e. The van der Waals surface area contributed by atoms with Crippen molar-refractivity contribution in [2.24, 2.45) is 0 Å². The van der Waals surface area contributed by atoms with Crippen LogP contribution in [0, 0.1) is 6.92 Å². The van der Waals surface area contributed by atoms with Gasteiger partial charge in [-0.05, 0) is 50.2 Å². The van der Waals surface area contributed by atoms with Gasteiger partial charge in [0.05, 0.1) is 5.69 Å². The summed E-state index contributed by atoms with van der Waals surface area (Å²) in [4.78, 5) is 42.1. The molecule has 0 unspecified atom stereocenters. The van der Waals surface area contributed by atoms with Crippen molar-refractivity contribution in [2.45, 2.75) is 33.2 Å². The third-order valence-electron chi connectivity index (χ3n) is 5.03. The molecule has 11 heteroatoms. The summed E-state index contributed by atoms with van der Waals surface area (Å²) in [5, 5.41) is 11.3. The second-order valence-corrected chi connectivity index (χ2v) is 7.93. The number of nitrogens with one attached hydrogen (secondary N) is 1. The average Bonchev–Trinajstić information content (AvgIpc) is 3.29. The average molecular weight is 481 g/mol. The van der Waals surface area contributed by atoms with Crippen LogP contribution in [-0.4, -0.2) is 30.4 Å². The van der Waals surface area contributed by atoms with E-state index in [2.05, 4.69) is 20.6 Å². The Morgan fingerprint density at radius 1 is 1.09 bits per heavy atom. The van der Waals surface area contributed by atoms with E-state index in [0.717, 1.165) is 14.8 Å². The summed E-state index contributed by atoms with van der Waals surface area (Å²) in [5.74, 6) is -0.113. The lowest BCUT2D eigenvalue weighted by Crippen LogP contribution is -2.41. The fourth-order valence-corrected chi connectivity index (χ4v) is 3.34. The highest BCUT2D eigenvalue weighted by atomic mass is 35.5. The van der Waals surface area contributed by atoms with Gasteiger partial charge in [-0.15, -0.1) is 0 Å². The van der Waals surface area contributed by atoms with Crippen LogP contribution in [0.3, 0.4) is 0 Å². The molecule has 0 atom stereocenters. The summed E-state index contributed by atoms with van der Waals surface area (Å²) >= 11 is 5.93. The number of aryl methyl sites for hydroxylation is 2. The predicted octanol–water partition coefficient (Wildman–Crippen LogP) is 3.00. The van der Waals surface area contributed by atoms with Gasteiger partial charge in [0, 0.05) is 30.1 Å². The maximum Gasteiger partial charge on any atom is 0.352 e. The first-order valence-corrected chi connectivity index (χ1v) is 10.9. The quantitative estimate of drug-likeness (QED) is 0.431. The number of amides is 1. The molecular weight excluding hydrogens is 460 g/mol. The van der Waals surface area contributed by atoms with Crippen LogP contribution in [0.15, 0.2) is 62.6 Å². The lowest BCUT2D eigenvalue weighted by molar-refractivity contribution is -0.116. The van der Waals surface area contributed by atoms with E-state index in [-0.39, 0.29) is 42.7 Å². The highest BCUT2D eigenvalue weighted by molar-refractivity contribution is 6.30. The van der Waals surface area contributed by atoms with E-state index in [9.17, 15) is 14.4 Å². The maximum absolute atomic E-state index is 12.8. The summed E-state index contributed by atoms with van der Waals surface area (Å²) in [6.07, 6.45) is 0.274. The second-order valence-electron chi connectivity index (χ2n) is 7.49. The minimum absolute atomic E-state index is 0.0659. The first-order valence-electron chi connectivity index (χ1n) is 10.6. The molecule has 1 amide bonds. The Bertz CT molecular complexity index is 1440. The SMILES string of the molecule is CCn1c(=O)c(-c2noc(CCC(=O)Nc3ccc(C)cc3)n2)nn(-c2ccc(Cl)cc2)c1=O. The third kappa shape index (κ3) is 4.96. The van der Waals surface area contributed by atoms with Gasteiger partial charge in [0.1, 0.15) is 0 Å². The number of nitrogens with zero attached hydrogens (tertiary/aromatic N) is 5. The van der Waals surface area contributed by atoms with Gasteiger partial charge in [-0.3, -0.25) is 14.2 Å². The first kappa shape index (κ1) is 23.1. The highest BCUT2D eigenvalue weighted by Crippen LogP contribution is 2.14. The van der Waals surface area contributed by atoms with Gasteiger partial charge in [0.2, 0.25) is 17.6 Å². The monoisotopic (exact) mass is 480 g/mol. The lowest BCUT2D eigenvalue weighted by Gasteiger charge is -2.09. The van der Waals surface area contributed by atoms with Gasteiger partial charge >= 0.3 is 5.69 Å². The van der Waals surface area contributed by atoms with Crippen molar-refractivity contribution in [3.05, 3.63) is 85.8 Å². The third-order valence-corrected chi connectivity index (χ3v) is 5.28. The van der Waals surface area contributed by atoms with Crippen LogP contribution in [0.25, 0.3) is 17.2 Å². The number of carbonyl (C=O) groups excluding carboxylic acids is 1. The van der Waals surface area contributed by atoms with Crippen molar-refractivity contribution >= 4 is 23.2 Å². The van der Waals surface area contributed by atoms with Crippen molar-refractivity contribution in [1.29, 1.82) is 0 Å². The van der Waals surface area contributed by atoms with Gasteiger partial charge in [-0.1, -0.05) is 34.5 Å². The number of hydrogen-bond acceptors (Lipinski definition) is 7. The van der Waals surface area contributed by atoms with Crippen LogP contribution in [0.1, 0.15) is 24.8 Å². The summed E-state index contributed by atoms with van der Waals surface area (Å²) in [6, 6.07) is 13.9. The molecule has 2 aromatic carbocycles. The van der Waals surface area contributed by atoms with Crippen molar-refractivity contribution in [3.8, 4) is 17.2 Å². The molecule has 2 aromatic heterocycles. The van der Waals surface area contributed by atoms with Gasteiger partial charge in [0.15, 0.2) is 5.69 Å². The number of benzene rings is 2. The van der Waals surface area contributed by atoms with Crippen molar-refractivity contribution in [3.63, 3.8) is 0 Å². The van der Waals surface area contributed by atoms with E-state index in [0.29, 0.717) is 16.4 Å². The molecule has 0 radical (unpaired) electrons. The van der Waals surface area contributed by atoms with Crippen LogP contribution >= 0.6 is 11.6 Å². The molecule has 0 bridgehead atoms. The molecule has 0 spiro atoms. The van der Waals surface area contributed by atoms with Gasteiger partial charge in [-0.25, -0.2) is 4.79 Å². The maximum atomic E-state index is 12.8. The Morgan fingerprint density at radius 3 is 2.47 bits per heavy atom. The topological polar surface area (TPSA) is 125 Å². The number of halogens is 1. The molecule has 0 aliphatic heterocycles. The number of hydrogen-bond donors (Lipinski definition) is 1. The molecule has 4 aromatic rings. The largest absolute Gasteiger partial charge is 0.352 e. The van der Waals surface area contributed by atoms with Crippen LogP contribution in [0.5, 0.6) is 0 Å². The van der Waals surface area contributed by atoms with Crippen molar-refractivity contribution in [2.75, 3.05) is 5.32 Å². The van der Waals surface area contributed by atoms with E-state index < -0.39 is 11.2 Å². The summed E-state index contributed by atoms with van der Waals surface area (Å²) in [6.45, 7) is 3.77. The number of anilines is 1. The van der Waals surface area contributed by atoms with Gasteiger partial charge in [0.25, 0.3) is 5.56 Å². The first-order chi connectivity index (χ1) is 16.4. The van der Waals surface area contributed by atoms with E-state index in [1.807, 2.05) is 31.2 Å². The van der Waals surface area contributed by atoms with Crippen LogP contribution in [0.2, 0.25) is 5.02 Å². The zero-order chi connectivity index (χ0) is 24.2. The molecule has 4 rings (SSSR count). The van der Waals surface area contributed by atoms with E-state index in [4.69, 9.17) is 16.1 Å². The number of rotatable bonds is 7. The lowest BCUT2D eigenvalue weighted by atomic mass is 10.2. The van der Waals surface area contributed by atoms with E-state index in [1.54, 1.807) is 31.2 Å². The molecule has 0 saturated carbocycles. The Kier molecular flexibility index (Phi) is 6.69. The molecule has 0 saturated heterocycles. The summed E-state index contributed by atoms with van der Waals surface area (Å²) < 4.78 is 7.34.